The highest BCUT2D eigenvalue weighted by atomic mass is 19.1. The van der Waals surface area contributed by atoms with Crippen molar-refractivity contribution < 1.29 is 19.4 Å². The molecule has 4 aliphatic carbocycles. The average molecular weight is 534 g/mol. The van der Waals surface area contributed by atoms with Crippen LogP contribution in [0.3, 0.4) is 0 Å². The van der Waals surface area contributed by atoms with Gasteiger partial charge in [0.25, 0.3) is 5.91 Å². The minimum absolute atomic E-state index is 0.237. The van der Waals surface area contributed by atoms with Crippen molar-refractivity contribution in [3.8, 4) is 11.9 Å². The number of anilines is 1. The first-order chi connectivity index (χ1) is 18.5. The number of halogens is 1. The van der Waals surface area contributed by atoms with E-state index in [1.54, 1.807) is 23.0 Å². The topological polar surface area (TPSA) is 149 Å². The summed E-state index contributed by atoms with van der Waals surface area (Å²) in [6.07, 6.45) is 7.99. The van der Waals surface area contributed by atoms with E-state index in [1.165, 1.54) is 26.2 Å². The number of fused-ring (bicyclic) bond motifs is 1. The maximum atomic E-state index is 14.4. The summed E-state index contributed by atoms with van der Waals surface area (Å²) >= 11 is 0. The first-order valence-corrected chi connectivity index (χ1v) is 13.4. The molecule has 3 aromatic heterocycles. The molecule has 10 nitrogen and oxygen atoms in total. The lowest BCUT2D eigenvalue weighted by atomic mass is 9.51. The minimum Gasteiger partial charge on any atom is -0.390 e. The third kappa shape index (κ3) is 4.72. The van der Waals surface area contributed by atoms with Gasteiger partial charge in [-0.15, -0.1) is 0 Å². The predicted octanol–water partition coefficient (Wildman–Crippen LogP) is 3.02. The normalized spacial score (nSPS) is 28.3. The first kappa shape index (κ1) is 25.6. The zero-order valence-electron chi connectivity index (χ0n) is 22.0. The highest BCUT2D eigenvalue weighted by Crippen LogP contribution is 2.58. The maximum Gasteiger partial charge on any atom is 0.255 e. The van der Waals surface area contributed by atoms with Crippen LogP contribution in [0.15, 0.2) is 30.7 Å². The van der Waals surface area contributed by atoms with E-state index in [0.717, 1.165) is 32.1 Å². The van der Waals surface area contributed by atoms with Gasteiger partial charge in [-0.1, -0.05) is 0 Å². The number of amides is 1. The Morgan fingerprint density at radius 1 is 1.23 bits per heavy atom. The van der Waals surface area contributed by atoms with E-state index < -0.39 is 23.3 Å². The van der Waals surface area contributed by atoms with Crippen LogP contribution in [0.2, 0.25) is 0 Å². The van der Waals surface area contributed by atoms with Gasteiger partial charge in [-0.25, -0.2) is 14.4 Å². The molecule has 4 saturated carbocycles. The zero-order chi connectivity index (χ0) is 27.6. The van der Waals surface area contributed by atoms with Crippen molar-refractivity contribution in [2.75, 3.05) is 11.9 Å². The summed E-state index contributed by atoms with van der Waals surface area (Å²) in [5.74, 6) is 0.753. The average Bonchev–Trinajstić information content (AvgIpc) is 3.28. The van der Waals surface area contributed by atoms with Crippen LogP contribution in [0.1, 0.15) is 68.3 Å². The van der Waals surface area contributed by atoms with Gasteiger partial charge in [0, 0.05) is 29.4 Å². The van der Waals surface area contributed by atoms with Gasteiger partial charge in [-0.3, -0.25) is 4.79 Å². The Labute approximate surface area is 225 Å². The number of carbonyl (C=O) groups is 1. The van der Waals surface area contributed by atoms with Crippen LogP contribution in [-0.2, 0) is 0 Å². The molecule has 3 aromatic rings. The Bertz CT molecular complexity index is 1480. The number of hydrogen-bond acceptors (Lipinski definition) is 8. The molecular formula is C28H32FN7O3. The van der Waals surface area contributed by atoms with Gasteiger partial charge in [0.2, 0.25) is 0 Å². The van der Waals surface area contributed by atoms with Crippen molar-refractivity contribution >= 4 is 22.6 Å². The predicted molar refractivity (Wildman–Crippen MR) is 141 cm³/mol. The summed E-state index contributed by atoms with van der Waals surface area (Å²) in [7, 11) is 0. The maximum absolute atomic E-state index is 14.4. The van der Waals surface area contributed by atoms with Crippen LogP contribution < -0.4 is 10.6 Å². The van der Waals surface area contributed by atoms with Gasteiger partial charge in [0.05, 0.1) is 40.8 Å². The molecule has 0 aliphatic heterocycles. The van der Waals surface area contributed by atoms with Crippen molar-refractivity contribution in [2.45, 2.75) is 75.3 Å². The molecule has 4 N–H and O–H groups in total. The van der Waals surface area contributed by atoms with Crippen LogP contribution in [0, 0.1) is 23.2 Å². The summed E-state index contributed by atoms with van der Waals surface area (Å²) < 4.78 is 15.9. The molecule has 3 unspecified atom stereocenters. The quantitative estimate of drug-likeness (QED) is 0.362. The fraction of sp³-hybridized carbons (Fsp3) is 0.536. The molecule has 7 rings (SSSR count). The fourth-order valence-corrected chi connectivity index (χ4v) is 7.17. The fourth-order valence-electron chi connectivity index (χ4n) is 7.17. The number of carbonyl (C=O) groups excluding carboxylic acids is 1. The lowest BCUT2D eigenvalue weighted by Crippen LogP contribution is -2.62. The monoisotopic (exact) mass is 533 g/mol. The van der Waals surface area contributed by atoms with Gasteiger partial charge in [0.1, 0.15) is 12.2 Å². The number of nitrogens with zero attached hydrogens (tertiary/aromatic N) is 5. The molecule has 3 heterocycles. The van der Waals surface area contributed by atoms with Crippen molar-refractivity contribution in [1.29, 1.82) is 5.26 Å². The Hall–Kier alpha value is -3.62. The number of aromatic nitrogens is 4. The van der Waals surface area contributed by atoms with Crippen molar-refractivity contribution in [2.24, 2.45) is 11.8 Å². The van der Waals surface area contributed by atoms with Crippen LogP contribution in [0.4, 0.5) is 10.1 Å². The smallest absolute Gasteiger partial charge is 0.255 e. The third-order valence-electron chi connectivity index (χ3n) is 8.53. The molecule has 204 valence electrons. The molecule has 11 heteroatoms. The second-order valence-electron chi connectivity index (χ2n) is 12.3. The van der Waals surface area contributed by atoms with E-state index in [2.05, 4.69) is 31.8 Å². The van der Waals surface area contributed by atoms with Gasteiger partial charge in [-0.2, -0.15) is 15.0 Å². The molecule has 0 saturated heterocycles. The zero-order valence-corrected chi connectivity index (χ0v) is 22.0. The Kier molecular flexibility index (Phi) is 5.89. The summed E-state index contributed by atoms with van der Waals surface area (Å²) in [6, 6.07) is 5.49. The molecule has 0 aromatic carbocycles. The molecule has 5 atom stereocenters. The first-order valence-electron chi connectivity index (χ1n) is 13.4. The highest BCUT2D eigenvalue weighted by molar-refractivity contribution is 5.99. The number of aliphatic hydroxyl groups is 2. The lowest BCUT2D eigenvalue weighted by molar-refractivity contribution is -0.127. The summed E-state index contributed by atoms with van der Waals surface area (Å²) in [5.41, 5.74) is -0.983. The van der Waals surface area contributed by atoms with E-state index in [-0.39, 0.29) is 17.6 Å². The van der Waals surface area contributed by atoms with Crippen molar-refractivity contribution in [3.63, 3.8) is 0 Å². The Morgan fingerprint density at radius 3 is 2.64 bits per heavy atom. The molecular weight excluding hydrogens is 501 g/mol. The standard InChI is InChI=1S/C28H32FN7O3/c1-26(2,38)22(29)14-33-25(37)20-13-31-23(36-24-19(12-34-36)4-18(10-30)11-32-24)5-21(20)35-27-6-16-3-17(7-27)9-28(39,8-16)15-27/h4-5,11-13,16-17,22,38-39H,3,6-9,14-15H2,1-2H3,(H,31,35)(H,33,37)/t16-,17?,22+,27?,28?/m0/s1. The number of hydrogen-bond donors (Lipinski definition) is 4. The summed E-state index contributed by atoms with van der Waals surface area (Å²) in [5, 5.41) is 41.7. The van der Waals surface area contributed by atoms with Crippen LogP contribution >= 0.6 is 0 Å². The molecule has 4 bridgehead atoms. The molecule has 1 amide bonds. The van der Waals surface area contributed by atoms with Gasteiger partial charge in [0.15, 0.2) is 11.5 Å². The Balaban J connectivity index is 1.37. The van der Waals surface area contributed by atoms with E-state index in [0.29, 0.717) is 46.4 Å². The van der Waals surface area contributed by atoms with Crippen LogP contribution in [-0.4, -0.2) is 65.3 Å². The number of nitriles is 1. The number of nitrogens with one attached hydrogen (secondary N) is 2. The number of pyridine rings is 2. The molecule has 4 fully saturated rings. The lowest BCUT2D eigenvalue weighted by Gasteiger charge is -2.60. The van der Waals surface area contributed by atoms with E-state index in [1.807, 2.05) is 0 Å². The molecule has 4 aliphatic rings. The SMILES string of the molecule is CC(C)(O)[C@H](F)CNC(=O)c1cnc(-n2ncc3cc(C#N)cnc32)cc1NC12CC3C[C@H](CC(O)(C3)C1)C2. The van der Waals surface area contributed by atoms with E-state index in [4.69, 9.17) is 0 Å². The van der Waals surface area contributed by atoms with Gasteiger partial charge in [-0.05, 0) is 70.3 Å². The second-order valence-corrected chi connectivity index (χ2v) is 12.3. The summed E-state index contributed by atoms with van der Waals surface area (Å²) in [4.78, 5) is 22.1. The molecule has 0 radical (unpaired) electrons. The molecule has 0 spiro atoms. The minimum atomic E-state index is -1.65. The van der Waals surface area contributed by atoms with E-state index >= 15 is 0 Å². The second kappa shape index (κ2) is 8.96. The Morgan fingerprint density at radius 2 is 1.97 bits per heavy atom. The van der Waals surface area contributed by atoms with Crippen molar-refractivity contribution in [1.82, 2.24) is 25.1 Å². The molecule has 39 heavy (non-hydrogen) atoms. The van der Waals surface area contributed by atoms with Gasteiger partial charge < -0.3 is 20.8 Å². The van der Waals surface area contributed by atoms with Crippen LogP contribution in [0.5, 0.6) is 0 Å². The number of rotatable bonds is 7. The third-order valence-corrected chi connectivity index (χ3v) is 8.53. The summed E-state index contributed by atoms with van der Waals surface area (Å²) in [6.45, 7) is 2.35. The van der Waals surface area contributed by atoms with E-state index in [9.17, 15) is 24.7 Å². The number of alkyl halides is 1. The van der Waals surface area contributed by atoms with Crippen molar-refractivity contribution in [3.05, 3.63) is 41.9 Å². The largest absolute Gasteiger partial charge is 0.390 e. The highest BCUT2D eigenvalue weighted by Gasteiger charge is 2.57. The van der Waals surface area contributed by atoms with Crippen LogP contribution in [0.25, 0.3) is 16.9 Å². The van der Waals surface area contributed by atoms with Gasteiger partial charge >= 0.3 is 0 Å².